The Labute approximate surface area is 97.9 Å². The molecule has 0 aromatic carbocycles. The molecule has 0 aliphatic carbocycles. The van der Waals surface area contributed by atoms with Gasteiger partial charge in [-0.1, -0.05) is 0 Å². The molecule has 0 bridgehead atoms. The summed E-state index contributed by atoms with van der Waals surface area (Å²) in [7, 11) is 1.70. The monoisotopic (exact) mass is 232 g/mol. The average Bonchev–Trinajstić information content (AvgIpc) is 2.74. The van der Waals surface area contributed by atoms with E-state index >= 15 is 0 Å². The van der Waals surface area contributed by atoms with Gasteiger partial charge in [0.25, 0.3) is 0 Å². The molecule has 2 aromatic rings. The predicted molar refractivity (Wildman–Crippen MR) is 58.6 cm³/mol. The minimum atomic E-state index is -0.111. The topological polar surface area (TPSA) is 85.6 Å². The van der Waals surface area contributed by atoms with E-state index in [1.165, 1.54) is 4.68 Å². The molecule has 0 saturated carbocycles. The first-order chi connectivity index (χ1) is 8.25. The van der Waals surface area contributed by atoms with E-state index in [4.69, 9.17) is 0 Å². The first-order valence-electron chi connectivity index (χ1n) is 5.12. The van der Waals surface area contributed by atoms with Crippen LogP contribution in [-0.4, -0.2) is 31.1 Å². The zero-order valence-corrected chi connectivity index (χ0v) is 9.37. The third kappa shape index (κ3) is 3.07. The van der Waals surface area contributed by atoms with Gasteiger partial charge in [-0.25, -0.2) is 4.68 Å². The number of pyridine rings is 1. The Kier molecular flexibility index (Phi) is 3.39. The second-order valence-electron chi connectivity index (χ2n) is 3.53. The van der Waals surface area contributed by atoms with Gasteiger partial charge in [0.15, 0.2) is 5.82 Å². The van der Waals surface area contributed by atoms with Crippen LogP contribution in [0.15, 0.2) is 24.5 Å². The van der Waals surface area contributed by atoms with E-state index in [0.717, 1.165) is 5.56 Å². The van der Waals surface area contributed by atoms with Crippen LogP contribution in [0.3, 0.4) is 0 Å². The van der Waals surface area contributed by atoms with Gasteiger partial charge in [0.05, 0.1) is 6.42 Å². The summed E-state index contributed by atoms with van der Waals surface area (Å²) in [6, 6.07) is 3.70. The standard InChI is InChI=1S/C10H12N6O/c1-16-9(13-14-15-16)6-10(17)12-7-8-2-4-11-5-3-8/h2-5H,6-7H2,1H3,(H,12,17). The molecule has 1 amide bonds. The van der Waals surface area contributed by atoms with Gasteiger partial charge in [0, 0.05) is 26.0 Å². The number of tetrazole rings is 1. The van der Waals surface area contributed by atoms with Crippen molar-refractivity contribution < 1.29 is 4.79 Å². The van der Waals surface area contributed by atoms with Crippen LogP contribution in [0, 0.1) is 0 Å². The predicted octanol–water partition coefficient (Wildman–Crippen LogP) is -0.536. The fourth-order valence-electron chi connectivity index (χ4n) is 1.31. The number of carbonyl (C=O) groups is 1. The summed E-state index contributed by atoms with van der Waals surface area (Å²) in [6.45, 7) is 0.479. The number of hydrogen-bond donors (Lipinski definition) is 1. The van der Waals surface area contributed by atoms with Crippen LogP contribution in [0.1, 0.15) is 11.4 Å². The molecule has 2 heterocycles. The van der Waals surface area contributed by atoms with Crippen molar-refractivity contribution in [3.8, 4) is 0 Å². The summed E-state index contributed by atoms with van der Waals surface area (Å²) in [4.78, 5) is 15.5. The van der Waals surface area contributed by atoms with Gasteiger partial charge in [-0.05, 0) is 28.1 Å². The van der Waals surface area contributed by atoms with Gasteiger partial charge in [-0.3, -0.25) is 9.78 Å². The molecule has 2 aromatic heterocycles. The number of carbonyl (C=O) groups excluding carboxylic acids is 1. The van der Waals surface area contributed by atoms with Crippen LogP contribution < -0.4 is 5.32 Å². The molecule has 7 nitrogen and oxygen atoms in total. The summed E-state index contributed by atoms with van der Waals surface area (Å²) < 4.78 is 1.48. The van der Waals surface area contributed by atoms with Crippen molar-refractivity contribution in [3.63, 3.8) is 0 Å². The molecule has 17 heavy (non-hydrogen) atoms. The van der Waals surface area contributed by atoms with Crippen molar-refractivity contribution >= 4 is 5.91 Å². The summed E-state index contributed by atoms with van der Waals surface area (Å²) in [6.07, 6.45) is 3.55. The Morgan fingerprint density at radius 3 is 2.82 bits per heavy atom. The molecule has 2 rings (SSSR count). The smallest absolute Gasteiger partial charge is 0.227 e. The molecule has 1 N–H and O–H groups in total. The molecule has 0 atom stereocenters. The van der Waals surface area contributed by atoms with E-state index in [0.29, 0.717) is 12.4 Å². The van der Waals surface area contributed by atoms with Crippen molar-refractivity contribution in [2.75, 3.05) is 0 Å². The second kappa shape index (κ2) is 5.15. The third-order valence-corrected chi connectivity index (χ3v) is 2.27. The summed E-state index contributed by atoms with van der Waals surface area (Å²) in [5, 5.41) is 13.7. The molecular weight excluding hydrogens is 220 g/mol. The van der Waals surface area contributed by atoms with E-state index in [2.05, 4.69) is 25.8 Å². The summed E-state index contributed by atoms with van der Waals surface area (Å²) >= 11 is 0. The second-order valence-corrected chi connectivity index (χ2v) is 3.53. The largest absolute Gasteiger partial charge is 0.352 e. The zero-order chi connectivity index (χ0) is 12.1. The molecule has 0 aliphatic rings. The van der Waals surface area contributed by atoms with Crippen LogP contribution in [0.2, 0.25) is 0 Å². The zero-order valence-electron chi connectivity index (χ0n) is 9.37. The van der Waals surface area contributed by atoms with Crippen molar-refractivity contribution in [3.05, 3.63) is 35.9 Å². The maximum Gasteiger partial charge on any atom is 0.227 e. The highest BCUT2D eigenvalue weighted by Crippen LogP contribution is 1.96. The Bertz CT molecular complexity index is 495. The molecule has 88 valence electrons. The molecule has 0 aliphatic heterocycles. The number of nitrogens with one attached hydrogen (secondary N) is 1. The van der Waals surface area contributed by atoms with Gasteiger partial charge in [-0.2, -0.15) is 0 Å². The Balaban J connectivity index is 1.85. The van der Waals surface area contributed by atoms with Crippen LogP contribution in [0.5, 0.6) is 0 Å². The highest BCUT2D eigenvalue weighted by atomic mass is 16.1. The SMILES string of the molecule is Cn1nnnc1CC(=O)NCc1ccncc1. The number of aromatic nitrogens is 5. The first kappa shape index (κ1) is 11.2. The van der Waals surface area contributed by atoms with E-state index in [9.17, 15) is 4.79 Å². The van der Waals surface area contributed by atoms with Crippen LogP contribution >= 0.6 is 0 Å². The molecule has 0 spiro atoms. The van der Waals surface area contributed by atoms with Crippen molar-refractivity contribution in [2.45, 2.75) is 13.0 Å². The lowest BCUT2D eigenvalue weighted by molar-refractivity contribution is -0.120. The summed E-state index contributed by atoms with van der Waals surface area (Å²) in [5.41, 5.74) is 1.00. The Morgan fingerprint density at radius 1 is 1.41 bits per heavy atom. The lowest BCUT2D eigenvalue weighted by Crippen LogP contribution is -2.25. The van der Waals surface area contributed by atoms with Gasteiger partial charge in [0.1, 0.15) is 0 Å². The number of amides is 1. The molecule has 0 unspecified atom stereocenters. The Morgan fingerprint density at radius 2 is 2.18 bits per heavy atom. The number of rotatable bonds is 4. The van der Waals surface area contributed by atoms with Gasteiger partial charge in [0.2, 0.25) is 5.91 Å². The molecule has 0 saturated heterocycles. The van der Waals surface area contributed by atoms with Gasteiger partial charge < -0.3 is 5.32 Å². The minimum Gasteiger partial charge on any atom is -0.352 e. The maximum absolute atomic E-state index is 11.6. The van der Waals surface area contributed by atoms with Crippen molar-refractivity contribution in [1.29, 1.82) is 0 Å². The van der Waals surface area contributed by atoms with E-state index < -0.39 is 0 Å². The van der Waals surface area contributed by atoms with Gasteiger partial charge in [-0.15, -0.1) is 5.10 Å². The lowest BCUT2D eigenvalue weighted by atomic mass is 10.2. The highest BCUT2D eigenvalue weighted by molar-refractivity contribution is 5.77. The fourth-order valence-corrected chi connectivity index (χ4v) is 1.31. The summed E-state index contributed by atoms with van der Waals surface area (Å²) in [5.74, 6) is 0.428. The van der Waals surface area contributed by atoms with E-state index in [-0.39, 0.29) is 12.3 Å². The highest BCUT2D eigenvalue weighted by Gasteiger charge is 2.08. The molecule has 0 radical (unpaired) electrons. The molecular formula is C10H12N6O. The normalized spacial score (nSPS) is 10.2. The molecule has 7 heteroatoms. The van der Waals surface area contributed by atoms with Crippen LogP contribution in [-0.2, 0) is 24.8 Å². The van der Waals surface area contributed by atoms with Crippen LogP contribution in [0.4, 0.5) is 0 Å². The van der Waals surface area contributed by atoms with Crippen LogP contribution in [0.25, 0.3) is 0 Å². The molecule has 0 fully saturated rings. The lowest BCUT2D eigenvalue weighted by Gasteiger charge is -2.04. The number of hydrogen-bond acceptors (Lipinski definition) is 5. The van der Waals surface area contributed by atoms with Gasteiger partial charge >= 0.3 is 0 Å². The van der Waals surface area contributed by atoms with E-state index in [1.54, 1.807) is 19.4 Å². The van der Waals surface area contributed by atoms with E-state index in [1.807, 2.05) is 12.1 Å². The van der Waals surface area contributed by atoms with Crippen molar-refractivity contribution in [1.82, 2.24) is 30.5 Å². The first-order valence-corrected chi connectivity index (χ1v) is 5.12. The van der Waals surface area contributed by atoms with Crippen molar-refractivity contribution in [2.24, 2.45) is 7.05 Å². The third-order valence-electron chi connectivity index (χ3n) is 2.27. The minimum absolute atomic E-state index is 0.111. The fraction of sp³-hybridized carbons (Fsp3) is 0.300. The quantitative estimate of drug-likeness (QED) is 0.765. The Hall–Kier alpha value is -2.31. The number of aryl methyl sites for hydroxylation is 1. The maximum atomic E-state index is 11.6. The number of nitrogens with zero attached hydrogens (tertiary/aromatic N) is 5. The average molecular weight is 232 g/mol.